The molecule has 10 nitrogen and oxygen atoms in total. The van der Waals surface area contributed by atoms with Crippen molar-refractivity contribution in [2.75, 3.05) is 5.75 Å². The Bertz CT molecular complexity index is 1090. The smallest absolute Gasteiger partial charge is 0.326 e. The molecule has 0 saturated heterocycles. The highest BCUT2D eigenvalue weighted by Gasteiger charge is 2.32. The summed E-state index contributed by atoms with van der Waals surface area (Å²) >= 11 is 4.04. The number of hydrogen-bond acceptors (Lipinski definition) is 6. The Morgan fingerprint density at radius 3 is 2.22 bits per heavy atom. The topological polar surface area (TPSA) is 166 Å². The van der Waals surface area contributed by atoms with Crippen molar-refractivity contribution in [2.24, 2.45) is 17.6 Å². The number of carboxylic acids is 1. The molecule has 1 aromatic heterocycles. The van der Waals surface area contributed by atoms with Gasteiger partial charge in [-0.1, -0.05) is 52.3 Å². The lowest BCUT2D eigenvalue weighted by Gasteiger charge is -2.27. The third kappa shape index (κ3) is 8.50. The number of H-pyrrole nitrogens is 1. The van der Waals surface area contributed by atoms with E-state index in [9.17, 15) is 24.3 Å². The summed E-state index contributed by atoms with van der Waals surface area (Å²) in [7, 11) is 0. The number of aromatic nitrogens is 1. The van der Waals surface area contributed by atoms with E-state index in [2.05, 4.69) is 33.6 Å². The van der Waals surface area contributed by atoms with Crippen LogP contribution in [0.4, 0.5) is 0 Å². The molecule has 2 rings (SSSR count). The first kappa shape index (κ1) is 30.2. The highest BCUT2D eigenvalue weighted by molar-refractivity contribution is 7.80. The minimum absolute atomic E-state index is 0.0611. The van der Waals surface area contributed by atoms with Gasteiger partial charge in [0.25, 0.3) is 0 Å². The van der Waals surface area contributed by atoms with E-state index in [0.717, 1.165) is 16.5 Å². The predicted molar refractivity (Wildman–Crippen MR) is 146 cm³/mol. The van der Waals surface area contributed by atoms with E-state index in [1.165, 1.54) is 0 Å². The normalized spacial score (nSPS) is 15.4. The second-order valence-electron chi connectivity index (χ2n) is 9.81. The van der Waals surface area contributed by atoms with Gasteiger partial charge < -0.3 is 31.8 Å². The first-order valence-corrected chi connectivity index (χ1v) is 13.2. The Labute approximate surface area is 222 Å². The van der Waals surface area contributed by atoms with Gasteiger partial charge in [-0.25, -0.2) is 4.79 Å². The largest absolute Gasteiger partial charge is 0.480 e. The number of rotatable bonds is 14. The molecule has 0 spiro atoms. The number of amides is 3. The Hall–Kier alpha value is -3.05. The molecule has 0 aliphatic heterocycles. The minimum Gasteiger partial charge on any atom is -0.480 e. The third-order valence-corrected chi connectivity index (χ3v) is 6.78. The number of hydrogen-bond donors (Lipinski definition) is 7. The van der Waals surface area contributed by atoms with Crippen molar-refractivity contribution in [1.82, 2.24) is 20.9 Å². The van der Waals surface area contributed by atoms with Crippen LogP contribution in [0.25, 0.3) is 10.9 Å². The fraction of sp³-hybridized carbons (Fsp3) is 0.538. The van der Waals surface area contributed by atoms with Gasteiger partial charge in [-0.15, -0.1) is 0 Å². The zero-order chi connectivity index (χ0) is 27.7. The second-order valence-corrected chi connectivity index (χ2v) is 10.2. The Kier molecular flexibility index (Phi) is 11.4. The van der Waals surface area contributed by atoms with E-state index in [1.807, 2.05) is 45.0 Å². The molecule has 0 aliphatic rings. The number of para-hydroxylation sites is 1. The average Bonchev–Trinajstić information content (AvgIpc) is 3.27. The van der Waals surface area contributed by atoms with Crippen LogP contribution in [0.3, 0.4) is 0 Å². The van der Waals surface area contributed by atoms with Gasteiger partial charge in [0.05, 0.1) is 6.04 Å². The molecule has 0 radical (unpaired) electrons. The first-order valence-electron chi connectivity index (χ1n) is 12.5. The van der Waals surface area contributed by atoms with Crippen LogP contribution in [0.1, 0.15) is 46.1 Å². The Morgan fingerprint density at radius 1 is 1.00 bits per heavy atom. The SMILES string of the molecule is CCC(C)C(NC(=O)C(Cc1c[nH]c2ccccc12)NC(=O)C(CC(C)C)NC(=O)C(N)CS)C(=O)O. The summed E-state index contributed by atoms with van der Waals surface area (Å²) in [6.07, 6.45) is 2.75. The van der Waals surface area contributed by atoms with E-state index in [4.69, 9.17) is 5.73 Å². The van der Waals surface area contributed by atoms with Crippen LogP contribution in [0.15, 0.2) is 30.5 Å². The van der Waals surface area contributed by atoms with Gasteiger partial charge >= 0.3 is 5.97 Å². The van der Waals surface area contributed by atoms with Gasteiger partial charge in [0.2, 0.25) is 17.7 Å². The van der Waals surface area contributed by atoms with Crippen molar-refractivity contribution in [3.8, 4) is 0 Å². The van der Waals surface area contributed by atoms with Crippen molar-refractivity contribution in [1.29, 1.82) is 0 Å². The van der Waals surface area contributed by atoms with E-state index < -0.39 is 47.9 Å². The molecule has 0 aliphatic carbocycles. The molecule has 1 heterocycles. The number of aromatic amines is 1. The number of carbonyl (C=O) groups is 4. The summed E-state index contributed by atoms with van der Waals surface area (Å²) in [5, 5.41) is 18.6. The molecule has 11 heteroatoms. The molecule has 1 aromatic carbocycles. The van der Waals surface area contributed by atoms with E-state index in [0.29, 0.717) is 12.8 Å². The first-order chi connectivity index (χ1) is 17.5. The summed E-state index contributed by atoms with van der Waals surface area (Å²) in [5.74, 6) is -2.98. The minimum atomic E-state index is -1.15. The maximum Gasteiger partial charge on any atom is 0.326 e. The maximum atomic E-state index is 13.4. The number of thiol groups is 1. The van der Waals surface area contributed by atoms with Gasteiger partial charge in [0, 0.05) is 29.3 Å². The van der Waals surface area contributed by atoms with Gasteiger partial charge in [-0.2, -0.15) is 12.6 Å². The van der Waals surface area contributed by atoms with Gasteiger partial charge in [0.1, 0.15) is 18.1 Å². The highest BCUT2D eigenvalue weighted by atomic mass is 32.1. The number of carbonyl (C=O) groups excluding carboxylic acids is 3. The van der Waals surface area contributed by atoms with Crippen LogP contribution in [-0.2, 0) is 25.6 Å². The van der Waals surface area contributed by atoms with Crippen LogP contribution < -0.4 is 21.7 Å². The summed E-state index contributed by atoms with van der Waals surface area (Å²) in [5.41, 5.74) is 7.43. The third-order valence-electron chi connectivity index (χ3n) is 6.38. The van der Waals surface area contributed by atoms with Crippen molar-refractivity contribution in [3.05, 3.63) is 36.0 Å². The molecule has 37 heavy (non-hydrogen) atoms. The predicted octanol–water partition coefficient (Wildman–Crippen LogP) is 1.60. The standard InChI is InChI=1S/C26H39N5O5S/c1-5-15(4)22(26(35)36)31-25(34)21(11-16-12-28-19-9-7-6-8-17(16)19)30-24(33)20(10-14(2)3)29-23(32)18(27)13-37/h6-9,12,14-15,18,20-22,28,37H,5,10-11,13,27H2,1-4H3,(H,29,32)(H,30,33)(H,31,34)(H,35,36). The van der Waals surface area contributed by atoms with E-state index in [1.54, 1.807) is 13.1 Å². The molecule has 2 aromatic rings. The molecule has 0 fully saturated rings. The molecule has 7 N–H and O–H groups in total. The number of carboxylic acid groups (broad SMARTS) is 1. The zero-order valence-corrected chi connectivity index (χ0v) is 22.7. The fourth-order valence-electron chi connectivity index (χ4n) is 4.00. The Balaban J connectivity index is 2.35. The fourth-order valence-corrected chi connectivity index (χ4v) is 4.17. The molecule has 5 unspecified atom stereocenters. The summed E-state index contributed by atoms with van der Waals surface area (Å²) < 4.78 is 0. The molecule has 204 valence electrons. The lowest BCUT2D eigenvalue weighted by molar-refractivity contribution is -0.143. The van der Waals surface area contributed by atoms with E-state index in [-0.39, 0.29) is 24.0 Å². The number of fused-ring (bicyclic) bond motifs is 1. The molecular formula is C26H39N5O5S. The van der Waals surface area contributed by atoms with Crippen LogP contribution in [0, 0.1) is 11.8 Å². The lowest BCUT2D eigenvalue weighted by Crippen LogP contribution is -2.58. The van der Waals surface area contributed by atoms with Crippen LogP contribution in [0.5, 0.6) is 0 Å². The maximum absolute atomic E-state index is 13.4. The van der Waals surface area contributed by atoms with Crippen LogP contribution in [-0.4, -0.2) is 63.7 Å². The average molecular weight is 534 g/mol. The summed E-state index contributed by atoms with van der Waals surface area (Å²) in [6.45, 7) is 7.40. The van der Waals surface area contributed by atoms with Crippen LogP contribution in [0.2, 0.25) is 0 Å². The number of benzene rings is 1. The van der Waals surface area contributed by atoms with Gasteiger partial charge in [0.15, 0.2) is 0 Å². The molecule has 3 amide bonds. The van der Waals surface area contributed by atoms with Crippen LogP contribution >= 0.6 is 12.6 Å². The van der Waals surface area contributed by atoms with Crippen molar-refractivity contribution >= 4 is 47.2 Å². The monoisotopic (exact) mass is 533 g/mol. The number of nitrogens with two attached hydrogens (primary N) is 1. The Morgan fingerprint density at radius 2 is 1.62 bits per heavy atom. The lowest BCUT2D eigenvalue weighted by atomic mass is 9.97. The summed E-state index contributed by atoms with van der Waals surface area (Å²) in [4.78, 5) is 54.1. The van der Waals surface area contributed by atoms with Gasteiger partial charge in [-0.3, -0.25) is 14.4 Å². The van der Waals surface area contributed by atoms with Crippen molar-refractivity contribution in [2.45, 2.75) is 71.1 Å². The van der Waals surface area contributed by atoms with Gasteiger partial charge in [-0.05, 0) is 29.9 Å². The number of nitrogens with one attached hydrogen (secondary N) is 4. The molecule has 0 saturated carbocycles. The molecule has 5 atom stereocenters. The van der Waals surface area contributed by atoms with Crippen molar-refractivity contribution < 1.29 is 24.3 Å². The number of aliphatic carboxylic acids is 1. The van der Waals surface area contributed by atoms with E-state index >= 15 is 0 Å². The molecule has 0 bridgehead atoms. The zero-order valence-electron chi connectivity index (χ0n) is 21.8. The van der Waals surface area contributed by atoms with Crippen molar-refractivity contribution in [3.63, 3.8) is 0 Å². The quantitative estimate of drug-likeness (QED) is 0.182. The molecular weight excluding hydrogens is 494 g/mol. The highest BCUT2D eigenvalue weighted by Crippen LogP contribution is 2.20. The summed E-state index contributed by atoms with van der Waals surface area (Å²) in [6, 6.07) is 3.54. The second kappa shape index (κ2) is 14.0.